The molecule has 0 fully saturated rings. The molecule has 0 aliphatic heterocycles. The molecule has 0 saturated heterocycles. The number of carbonyl (C=O) groups is 1. The van der Waals surface area contributed by atoms with Crippen LogP contribution in [0.15, 0.2) is 71.5 Å². The molecule has 1 heterocycles. The summed E-state index contributed by atoms with van der Waals surface area (Å²) in [5.41, 5.74) is 4.32. The molecule has 1 aromatic heterocycles. The van der Waals surface area contributed by atoms with Gasteiger partial charge in [-0.3, -0.25) is 4.57 Å². The van der Waals surface area contributed by atoms with Crippen LogP contribution in [0.1, 0.15) is 41.3 Å². The minimum absolute atomic E-state index is 0.270. The summed E-state index contributed by atoms with van der Waals surface area (Å²) < 4.78 is 11.9. The number of hydrogen-bond donors (Lipinski definition) is 0. The zero-order valence-electron chi connectivity index (χ0n) is 19.2. The largest absolute Gasteiger partial charge is 0.497 e. The van der Waals surface area contributed by atoms with Crippen LogP contribution in [0.25, 0.3) is 22.2 Å². The van der Waals surface area contributed by atoms with Gasteiger partial charge in [0.2, 0.25) is 0 Å². The van der Waals surface area contributed by atoms with Gasteiger partial charge in [0.05, 0.1) is 37.5 Å². The molecule has 3 aromatic carbocycles. The van der Waals surface area contributed by atoms with Crippen LogP contribution >= 0.6 is 0 Å². The van der Waals surface area contributed by atoms with E-state index in [0.29, 0.717) is 22.9 Å². The molecular weight excluding hydrogens is 416 g/mol. The van der Waals surface area contributed by atoms with Gasteiger partial charge in [-0.1, -0.05) is 50.2 Å². The Hall–Kier alpha value is -3.93. The smallest absolute Gasteiger partial charge is 0.348 e. The maximum absolute atomic E-state index is 13.2. The van der Waals surface area contributed by atoms with Crippen molar-refractivity contribution < 1.29 is 14.3 Å². The second-order valence-corrected chi connectivity index (χ2v) is 8.18. The fraction of sp³-hybridized carbons (Fsp3) is 0.222. The van der Waals surface area contributed by atoms with Crippen molar-refractivity contribution in [2.24, 2.45) is 0 Å². The van der Waals surface area contributed by atoms with Crippen LogP contribution in [0.2, 0.25) is 0 Å². The highest BCUT2D eigenvalue weighted by molar-refractivity contribution is 5.93. The predicted octanol–water partition coefficient (Wildman–Crippen LogP) is 5.03. The molecule has 0 amide bonds. The standard InChI is InChI=1S/C27H26N2O4/c1-17(2)19-8-10-20(11-9-19)25-23-15-22(32-3)12-13-24(23)29(27(31)28-25)16-18-6-5-7-21(14-18)26(30)33-4/h5-15,17H,16H2,1-4H3. The molecule has 4 rings (SSSR count). The number of rotatable bonds is 6. The summed E-state index contributed by atoms with van der Waals surface area (Å²) in [6, 6.07) is 20.8. The first-order valence-corrected chi connectivity index (χ1v) is 10.8. The van der Waals surface area contributed by atoms with Gasteiger partial charge in [-0.15, -0.1) is 0 Å². The molecule has 0 aliphatic carbocycles. The van der Waals surface area contributed by atoms with Crippen molar-refractivity contribution in [2.45, 2.75) is 26.3 Å². The Morgan fingerprint density at radius 2 is 1.76 bits per heavy atom. The van der Waals surface area contributed by atoms with Crippen LogP contribution in [-0.4, -0.2) is 29.7 Å². The summed E-state index contributed by atoms with van der Waals surface area (Å²) >= 11 is 0. The van der Waals surface area contributed by atoms with Crippen molar-refractivity contribution in [1.29, 1.82) is 0 Å². The maximum Gasteiger partial charge on any atom is 0.348 e. The summed E-state index contributed by atoms with van der Waals surface area (Å²) in [4.78, 5) is 29.5. The number of benzene rings is 3. The lowest BCUT2D eigenvalue weighted by molar-refractivity contribution is 0.0600. The Labute approximate surface area is 192 Å². The first-order chi connectivity index (χ1) is 15.9. The second kappa shape index (κ2) is 9.28. The maximum atomic E-state index is 13.2. The van der Waals surface area contributed by atoms with Crippen molar-refractivity contribution in [1.82, 2.24) is 9.55 Å². The third-order valence-electron chi connectivity index (χ3n) is 5.73. The normalized spacial score (nSPS) is 11.1. The number of fused-ring (bicyclic) bond motifs is 1. The zero-order valence-corrected chi connectivity index (χ0v) is 19.2. The van der Waals surface area contributed by atoms with Crippen molar-refractivity contribution in [2.75, 3.05) is 14.2 Å². The number of aromatic nitrogens is 2. The Morgan fingerprint density at radius 1 is 1.00 bits per heavy atom. The van der Waals surface area contributed by atoms with E-state index in [1.165, 1.54) is 12.7 Å². The van der Waals surface area contributed by atoms with Crippen LogP contribution in [0.3, 0.4) is 0 Å². The zero-order chi connectivity index (χ0) is 23.5. The number of esters is 1. The number of nitrogens with zero attached hydrogens (tertiary/aromatic N) is 2. The monoisotopic (exact) mass is 442 g/mol. The van der Waals surface area contributed by atoms with Crippen LogP contribution in [-0.2, 0) is 11.3 Å². The fourth-order valence-corrected chi connectivity index (χ4v) is 3.88. The van der Waals surface area contributed by atoms with E-state index in [-0.39, 0.29) is 12.2 Å². The minimum Gasteiger partial charge on any atom is -0.497 e. The van der Waals surface area contributed by atoms with E-state index in [0.717, 1.165) is 22.0 Å². The molecule has 33 heavy (non-hydrogen) atoms. The van der Waals surface area contributed by atoms with Gasteiger partial charge in [-0.25, -0.2) is 9.59 Å². The Balaban J connectivity index is 1.86. The molecule has 168 valence electrons. The molecule has 0 saturated carbocycles. The van der Waals surface area contributed by atoms with Gasteiger partial charge in [0.1, 0.15) is 5.75 Å². The molecule has 6 heteroatoms. The fourth-order valence-electron chi connectivity index (χ4n) is 3.88. The first-order valence-electron chi connectivity index (χ1n) is 10.8. The van der Waals surface area contributed by atoms with Crippen molar-refractivity contribution in [3.63, 3.8) is 0 Å². The molecular formula is C27H26N2O4. The average Bonchev–Trinajstić information content (AvgIpc) is 2.85. The van der Waals surface area contributed by atoms with Crippen molar-refractivity contribution in [3.05, 3.63) is 93.9 Å². The summed E-state index contributed by atoms with van der Waals surface area (Å²) in [7, 11) is 2.96. The van der Waals surface area contributed by atoms with Crippen LogP contribution < -0.4 is 10.4 Å². The number of methoxy groups -OCH3 is 2. The van der Waals surface area contributed by atoms with Crippen molar-refractivity contribution in [3.8, 4) is 17.0 Å². The summed E-state index contributed by atoms with van der Waals surface area (Å²) in [6.07, 6.45) is 0. The van der Waals surface area contributed by atoms with E-state index >= 15 is 0 Å². The molecule has 6 nitrogen and oxygen atoms in total. The highest BCUT2D eigenvalue weighted by atomic mass is 16.5. The first kappa shape index (κ1) is 22.3. The van der Waals surface area contributed by atoms with Gasteiger partial charge >= 0.3 is 11.7 Å². The van der Waals surface area contributed by atoms with Gasteiger partial charge in [-0.05, 0) is 47.4 Å². The van der Waals surface area contributed by atoms with E-state index < -0.39 is 5.97 Å². The molecule has 0 atom stereocenters. The molecule has 0 N–H and O–H groups in total. The average molecular weight is 443 g/mol. The minimum atomic E-state index is -0.419. The Bertz CT molecular complexity index is 1370. The van der Waals surface area contributed by atoms with Gasteiger partial charge in [-0.2, -0.15) is 4.98 Å². The SMILES string of the molecule is COC(=O)c1cccc(Cn2c(=O)nc(-c3ccc(C(C)C)cc3)c3cc(OC)ccc32)c1. The Kier molecular flexibility index (Phi) is 6.27. The van der Waals surface area contributed by atoms with Crippen LogP contribution in [0.5, 0.6) is 5.75 Å². The lowest BCUT2D eigenvalue weighted by Crippen LogP contribution is -2.24. The van der Waals surface area contributed by atoms with Gasteiger partial charge in [0.15, 0.2) is 0 Å². The van der Waals surface area contributed by atoms with E-state index in [9.17, 15) is 9.59 Å². The molecule has 0 aliphatic rings. The summed E-state index contributed by atoms with van der Waals surface area (Å²) in [5.74, 6) is 0.678. The topological polar surface area (TPSA) is 70.4 Å². The van der Waals surface area contributed by atoms with Crippen molar-refractivity contribution >= 4 is 16.9 Å². The molecule has 4 aromatic rings. The molecule has 0 unspecified atom stereocenters. The lowest BCUT2D eigenvalue weighted by atomic mass is 9.99. The Morgan fingerprint density at radius 3 is 2.42 bits per heavy atom. The molecule has 0 radical (unpaired) electrons. The predicted molar refractivity (Wildman–Crippen MR) is 129 cm³/mol. The molecule has 0 spiro atoms. The highest BCUT2D eigenvalue weighted by Crippen LogP contribution is 2.30. The van der Waals surface area contributed by atoms with Gasteiger partial charge in [0.25, 0.3) is 0 Å². The second-order valence-electron chi connectivity index (χ2n) is 8.18. The van der Waals surface area contributed by atoms with E-state index in [2.05, 4.69) is 31.0 Å². The highest BCUT2D eigenvalue weighted by Gasteiger charge is 2.15. The number of carbonyl (C=O) groups excluding carboxylic acids is 1. The number of ether oxygens (including phenoxy) is 2. The van der Waals surface area contributed by atoms with E-state index in [1.54, 1.807) is 29.9 Å². The summed E-state index contributed by atoms with van der Waals surface area (Å²) in [6.45, 7) is 4.56. The molecule has 0 bridgehead atoms. The summed E-state index contributed by atoms with van der Waals surface area (Å²) in [5, 5.41) is 0.815. The van der Waals surface area contributed by atoms with Crippen LogP contribution in [0.4, 0.5) is 0 Å². The van der Waals surface area contributed by atoms with E-state index in [1.807, 2.05) is 36.4 Å². The quantitative estimate of drug-likeness (QED) is 0.392. The van der Waals surface area contributed by atoms with Crippen LogP contribution in [0, 0.1) is 0 Å². The third-order valence-corrected chi connectivity index (χ3v) is 5.73. The van der Waals surface area contributed by atoms with E-state index in [4.69, 9.17) is 9.47 Å². The van der Waals surface area contributed by atoms with Gasteiger partial charge < -0.3 is 9.47 Å². The van der Waals surface area contributed by atoms with Gasteiger partial charge in [0, 0.05) is 10.9 Å². The third kappa shape index (κ3) is 4.51. The number of hydrogen-bond acceptors (Lipinski definition) is 5. The lowest BCUT2D eigenvalue weighted by Gasteiger charge is -2.15.